The Morgan fingerprint density at radius 3 is 3.00 bits per heavy atom. The minimum absolute atomic E-state index is 0.0636. The van der Waals surface area contributed by atoms with E-state index in [0.717, 1.165) is 32.7 Å². The lowest BCUT2D eigenvalue weighted by Gasteiger charge is -2.32. The van der Waals surface area contributed by atoms with E-state index in [1.807, 2.05) is 0 Å². The second-order valence-electron chi connectivity index (χ2n) is 3.69. The Balaban J connectivity index is 2.33. The monoisotopic (exact) mass is 182 g/mol. The number of nitrogens with zero attached hydrogens (tertiary/aromatic N) is 3. The van der Waals surface area contributed by atoms with Crippen LogP contribution in [-0.2, 0) is 0 Å². The van der Waals surface area contributed by atoms with Crippen molar-refractivity contribution >= 4 is 0 Å². The molecule has 1 aliphatic rings. The largest absolute Gasteiger partial charge is 0.313 e. The van der Waals surface area contributed by atoms with Crippen LogP contribution < -0.4 is 5.32 Å². The molecule has 1 N–H and O–H groups in total. The molecule has 0 aromatic rings. The first-order chi connectivity index (χ1) is 6.24. The quantitative estimate of drug-likeness (QED) is 0.629. The number of piperazine rings is 1. The average Bonchev–Trinajstić information content (AvgIpc) is 2.15. The summed E-state index contributed by atoms with van der Waals surface area (Å²) >= 11 is 0. The van der Waals surface area contributed by atoms with E-state index >= 15 is 0 Å². The van der Waals surface area contributed by atoms with E-state index in [1.54, 1.807) is 0 Å². The molecule has 1 aliphatic heterocycles. The molecule has 1 heterocycles. The van der Waals surface area contributed by atoms with Gasteiger partial charge in [-0.2, -0.15) is 5.26 Å². The van der Waals surface area contributed by atoms with Crippen LogP contribution in [0.4, 0.5) is 0 Å². The molecule has 0 amide bonds. The normalized spacial score (nSPS) is 24.6. The van der Waals surface area contributed by atoms with Crippen molar-refractivity contribution in [3.05, 3.63) is 0 Å². The minimum Gasteiger partial charge on any atom is -0.313 e. The van der Waals surface area contributed by atoms with Crippen LogP contribution >= 0.6 is 0 Å². The highest BCUT2D eigenvalue weighted by molar-refractivity contribution is 4.96. The van der Waals surface area contributed by atoms with Crippen LogP contribution in [0.2, 0.25) is 0 Å². The highest BCUT2D eigenvalue weighted by Gasteiger charge is 2.20. The number of hydrogen-bond acceptors (Lipinski definition) is 4. The Bertz CT molecular complexity index is 185. The number of nitrogens with one attached hydrogen (secondary N) is 1. The van der Waals surface area contributed by atoms with Crippen molar-refractivity contribution in [2.24, 2.45) is 0 Å². The molecule has 0 spiro atoms. The van der Waals surface area contributed by atoms with E-state index in [-0.39, 0.29) is 6.04 Å². The van der Waals surface area contributed by atoms with Crippen LogP contribution in [0.1, 0.15) is 0 Å². The molecule has 74 valence electrons. The molecule has 4 nitrogen and oxygen atoms in total. The Hall–Kier alpha value is -0.630. The average molecular weight is 182 g/mol. The van der Waals surface area contributed by atoms with Gasteiger partial charge in [-0.05, 0) is 14.1 Å². The van der Waals surface area contributed by atoms with Gasteiger partial charge in [0.05, 0.1) is 6.07 Å². The van der Waals surface area contributed by atoms with Crippen LogP contribution in [0.5, 0.6) is 0 Å². The molecule has 1 atom stereocenters. The predicted octanol–water partition coefficient (Wildman–Crippen LogP) is -0.655. The number of rotatable bonds is 3. The summed E-state index contributed by atoms with van der Waals surface area (Å²) in [6, 6.07) is 2.39. The standard InChI is InChI=1S/C9H18N4/c1-12(2)5-6-13-4-3-11-8-9(13)7-10/h9,11H,3-6,8H2,1-2H3. The molecule has 1 fully saturated rings. The van der Waals surface area contributed by atoms with Crippen molar-refractivity contribution in [3.8, 4) is 6.07 Å². The fourth-order valence-electron chi connectivity index (χ4n) is 1.47. The molecule has 0 aliphatic carbocycles. The zero-order valence-electron chi connectivity index (χ0n) is 8.45. The predicted molar refractivity (Wildman–Crippen MR) is 52.4 cm³/mol. The van der Waals surface area contributed by atoms with Crippen molar-refractivity contribution < 1.29 is 0 Å². The van der Waals surface area contributed by atoms with E-state index in [9.17, 15) is 0 Å². The Morgan fingerprint density at radius 2 is 2.38 bits per heavy atom. The maximum atomic E-state index is 8.88. The van der Waals surface area contributed by atoms with E-state index in [4.69, 9.17) is 5.26 Å². The third-order valence-corrected chi connectivity index (χ3v) is 2.34. The molecule has 1 rings (SSSR count). The van der Waals surface area contributed by atoms with Crippen LogP contribution in [0.25, 0.3) is 0 Å². The van der Waals surface area contributed by atoms with Crippen molar-refractivity contribution in [1.29, 1.82) is 5.26 Å². The van der Waals surface area contributed by atoms with Gasteiger partial charge in [0.1, 0.15) is 6.04 Å². The summed E-state index contributed by atoms with van der Waals surface area (Å²) in [6.07, 6.45) is 0. The summed E-state index contributed by atoms with van der Waals surface area (Å²) in [5.74, 6) is 0. The van der Waals surface area contributed by atoms with Gasteiger partial charge in [0.25, 0.3) is 0 Å². The smallest absolute Gasteiger partial charge is 0.110 e. The molecule has 0 radical (unpaired) electrons. The van der Waals surface area contributed by atoms with Crippen molar-refractivity contribution in [2.45, 2.75) is 6.04 Å². The van der Waals surface area contributed by atoms with Gasteiger partial charge in [0.15, 0.2) is 0 Å². The zero-order valence-corrected chi connectivity index (χ0v) is 8.45. The molecule has 0 bridgehead atoms. The van der Waals surface area contributed by atoms with Crippen molar-refractivity contribution in [1.82, 2.24) is 15.1 Å². The third kappa shape index (κ3) is 3.31. The molecular formula is C9H18N4. The zero-order chi connectivity index (χ0) is 9.68. The molecule has 4 heteroatoms. The van der Waals surface area contributed by atoms with E-state index in [1.165, 1.54) is 0 Å². The first-order valence-corrected chi connectivity index (χ1v) is 4.73. The summed E-state index contributed by atoms with van der Waals surface area (Å²) < 4.78 is 0. The molecule has 1 unspecified atom stereocenters. The Kier molecular flexibility index (Phi) is 4.16. The molecule has 13 heavy (non-hydrogen) atoms. The highest BCUT2D eigenvalue weighted by Crippen LogP contribution is 2.01. The Labute approximate surface area is 80.1 Å². The topological polar surface area (TPSA) is 42.3 Å². The summed E-state index contributed by atoms with van der Waals surface area (Å²) in [7, 11) is 4.12. The second-order valence-corrected chi connectivity index (χ2v) is 3.69. The molecule has 0 aromatic carbocycles. The highest BCUT2D eigenvalue weighted by atomic mass is 15.2. The van der Waals surface area contributed by atoms with Gasteiger partial charge in [-0.1, -0.05) is 0 Å². The van der Waals surface area contributed by atoms with Crippen LogP contribution in [0.15, 0.2) is 0 Å². The van der Waals surface area contributed by atoms with Gasteiger partial charge < -0.3 is 10.2 Å². The first-order valence-electron chi connectivity index (χ1n) is 4.73. The molecule has 1 saturated heterocycles. The van der Waals surface area contributed by atoms with Gasteiger partial charge in [-0.25, -0.2) is 0 Å². The van der Waals surface area contributed by atoms with Crippen LogP contribution in [-0.4, -0.2) is 62.7 Å². The number of nitriles is 1. The van der Waals surface area contributed by atoms with Gasteiger partial charge in [-0.15, -0.1) is 0 Å². The maximum Gasteiger partial charge on any atom is 0.110 e. The minimum atomic E-state index is 0.0636. The van der Waals surface area contributed by atoms with Crippen molar-refractivity contribution in [2.75, 3.05) is 46.8 Å². The lowest BCUT2D eigenvalue weighted by atomic mass is 10.2. The SMILES string of the molecule is CN(C)CCN1CCNCC1C#N. The summed E-state index contributed by atoms with van der Waals surface area (Å²) in [5, 5.41) is 12.1. The van der Waals surface area contributed by atoms with E-state index in [0.29, 0.717) is 0 Å². The lowest BCUT2D eigenvalue weighted by Crippen LogP contribution is -2.52. The van der Waals surface area contributed by atoms with Crippen LogP contribution in [0.3, 0.4) is 0 Å². The summed E-state index contributed by atoms with van der Waals surface area (Å²) in [4.78, 5) is 4.40. The third-order valence-electron chi connectivity index (χ3n) is 2.34. The van der Waals surface area contributed by atoms with E-state index < -0.39 is 0 Å². The molecule has 0 aromatic heterocycles. The Morgan fingerprint density at radius 1 is 1.62 bits per heavy atom. The molecular weight excluding hydrogens is 164 g/mol. The first kappa shape index (κ1) is 10.5. The fraction of sp³-hybridized carbons (Fsp3) is 0.889. The van der Waals surface area contributed by atoms with Gasteiger partial charge in [0.2, 0.25) is 0 Å². The summed E-state index contributed by atoms with van der Waals surface area (Å²) in [5.41, 5.74) is 0. The number of hydrogen-bond donors (Lipinski definition) is 1. The van der Waals surface area contributed by atoms with Crippen LogP contribution in [0, 0.1) is 11.3 Å². The van der Waals surface area contributed by atoms with Gasteiger partial charge >= 0.3 is 0 Å². The fourth-order valence-corrected chi connectivity index (χ4v) is 1.47. The lowest BCUT2D eigenvalue weighted by molar-refractivity contribution is 0.180. The van der Waals surface area contributed by atoms with Gasteiger partial charge in [0, 0.05) is 32.7 Å². The summed E-state index contributed by atoms with van der Waals surface area (Å²) in [6.45, 7) is 4.83. The van der Waals surface area contributed by atoms with Crippen molar-refractivity contribution in [3.63, 3.8) is 0 Å². The van der Waals surface area contributed by atoms with Gasteiger partial charge in [-0.3, -0.25) is 4.90 Å². The number of likely N-dealkylation sites (N-methyl/N-ethyl adjacent to an activating group) is 1. The maximum absolute atomic E-state index is 8.88. The second kappa shape index (κ2) is 5.18. The molecule has 0 saturated carbocycles. The van der Waals surface area contributed by atoms with E-state index in [2.05, 4.69) is 35.3 Å².